The minimum atomic E-state index is -4.63. The number of aromatic nitrogens is 3. The molecule has 3 heterocycles. The van der Waals surface area contributed by atoms with Gasteiger partial charge in [-0.25, -0.2) is 15.0 Å². The molecule has 1 atom stereocenters. The number of rotatable bonds is 6. The summed E-state index contributed by atoms with van der Waals surface area (Å²) in [7, 11) is 1.33. The Labute approximate surface area is 195 Å². The number of carbonyl (C=O) groups excluding carboxylic acids is 1. The van der Waals surface area contributed by atoms with Gasteiger partial charge in [-0.15, -0.1) is 11.3 Å². The number of nitrogens with zero attached hydrogens (tertiary/aromatic N) is 3. The van der Waals surface area contributed by atoms with Gasteiger partial charge in [0.2, 0.25) is 5.89 Å². The fourth-order valence-corrected chi connectivity index (χ4v) is 3.84. The van der Waals surface area contributed by atoms with Gasteiger partial charge in [-0.2, -0.15) is 13.2 Å². The third-order valence-electron chi connectivity index (χ3n) is 4.84. The van der Waals surface area contributed by atoms with Crippen molar-refractivity contribution in [2.24, 2.45) is 5.73 Å². The Morgan fingerprint density at radius 2 is 2.00 bits per heavy atom. The van der Waals surface area contributed by atoms with E-state index in [1.807, 2.05) is 0 Å². The van der Waals surface area contributed by atoms with Crippen LogP contribution < -0.4 is 21.5 Å². The number of nitrogen functional groups attached to an aromatic ring is 1. The first-order valence-corrected chi connectivity index (χ1v) is 10.8. The molecule has 0 aliphatic carbocycles. The summed E-state index contributed by atoms with van der Waals surface area (Å²) < 4.78 is 50.6. The second kappa shape index (κ2) is 8.91. The lowest BCUT2D eigenvalue weighted by atomic mass is 10.1. The Morgan fingerprint density at radius 1 is 1.24 bits per heavy atom. The summed E-state index contributed by atoms with van der Waals surface area (Å²) in [6.45, 7) is 1.73. The summed E-state index contributed by atoms with van der Waals surface area (Å²) in [5, 5.41) is 5.07. The van der Waals surface area contributed by atoms with Gasteiger partial charge in [0, 0.05) is 16.3 Å². The standard InChI is InChI=1S/C21H19F3N6O3S/c1-9(25)17-16(18(31)27-7-10-8-34-20(26)28-10)30-19(33-17)12-3-5-13(32-2)15-11(12)4-6-14(29-15)21(22,23)24/h3-6,8-9H,7,25H2,1-2H3,(H2,26,28)(H,27,31)/t9-/m0/s1. The number of nitrogens with one attached hydrogen (secondary N) is 1. The molecule has 0 bridgehead atoms. The van der Waals surface area contributed by atoms with E-state index in [9.17, 15) is 18.0 Å². The van der Waals surface area contributed by atoms with Crippen LogP contribution in [0.1, 0.15) is 40.6 Å². The Hall–Kier alpha value is -3.71. The number of fused-ring (bicyclic) bond motifs is 1. The predicted octanol–water partition coefficient (Wildman–Crippen LogP) is 3.91. The van der Waals surface area contributed by atoms with Gasteiger partial charge in [-0.1, -0.05) is 0 Å². The van der Waals surface area contributed by atoms with Gasteiger partial charge in [0.1, 0.15) is 17.0 Å². The minimum Gasteiger partial charge on any atom is -0.494 e. The fraction of sp³-hybridized carbons (Fsp3) is 0.238. The zero-order chi connectivity index (χ0) is 24.6. The third kappa shape index (κ3) is 4.52. The maximum Gasteiger partial charge on any atom is 0.433 e. The number of halogens is 3. The van der Waals surface area contributed by atoms with Crippen molar-refractivity contribution in [3.8, 4) is 17.2 Å². The highest BCUT2D eigenvalue weighted by Crippen LogP contribution is 2.37. The quantitative estimate of drug-likeness (QED) is 0.368. The number of pyridine rings is 1. The highest BCUT2D eigenvalue weighted by atomic mass is 32.1. The van der Waals surface area contributed by atoms with Crippen LogP contribution in [0.15, 0.2) is 34.1 Å². The molecular weight excluding hydrogens is 473 g/mol. The topological polar surface area (TPSA) is 142 Å². The van der Waals surface area contributed by atoms with Gasteiger partial charge in [0.05, 0.1) is 25.4 Å². The van der Waals surface area contributed by atoms with Crippen LogP contribution >= 0.6 is 11.3 Å². The molecule has 3 aromatic heterocycles. The molecule has 0 radical (unpaired) electrons. The number of oxazole rings is 1. The predicted molar refractivity (Wildman–Crippen MR) is 119 cm³/mol. The van der Waals surface area contributed by atoms with Crippen LogP contribution in [-0.4, -0.2) is 28.0 Å². The molecule has 4 rings (SSSR count). The second-order valence-corrected chi connectivity index (χ2v) is 8.18. The molecule has 0 fully saturated rings. The number of amides is 1. The Balaban J connectivity index is 1.75. The lowest BCUT2D eigenvalue weighted by Crippen LogP contribution is -2.25. The lowest BCUT2D eigenvalue weighted by molar-refractivity contribution is -0.140. The number of thiazole rings is 1. The molecule has 1 amide bonds. The van der Waals surface area contributed by atoms with E-state index in [0.29, 0.717) is 21.8 Å². The zero-order valence-electron chi connectivity index (χ0n) is 17.9. The maximum atomic E-state index is 13.2. The number of benzene rings is 1. The van der Waals surface area contributed by atoms with Crippen molar-refractivity contribution >= 4 is 33.3 Å². The average molecular weight is 492 g/mol. The van der Waals surface area contributed by atoms with E-state index in [1.54, 1.807) is 18.4 Å². The normalized spacial score (nSPS) is 12.6. The van der Waals surface area contributed by atoms with E-state index in [0.717, 1.165) is 6.07 Å². The van der Waals surface area contributed by atoms with E-state index < -0.39 is 23.8 Å². The summed E-state index contributed by atoms with van der Waals surface area (Å²) in [5.41, 5.74) is 11.3. The van der Waals surface area contributed by atoms with Gasteiger partial charge >= 0.3 is 6.18 Å². The Morgan fingerprint density at radius 3 is 2.62 bits per heavy atom. The van der Waals surface area contributed by atoms with Crippen LogP contribution in [0.25, 0.3) is 22.4 Å². The van der Waals surface area contributed by atoms with Crippen LogP contribution in [0.3, 0.4) is 0 Å². The molecule has 0 aliphatic rings. The highest BCUT2D eigenvalue weighted by molar-refractivity contribution is 7.13. The highest BCUT2D eigenvalue weighted by Gasteiger charge is 2.33. The van der Waals surface area contributed by atoms with Crippen molar-refractivity contribution in [1.82, 2.24) is 20.3 Å². The average Bonchev–Trinajstić information content (AvgIpc) is 3.42. The molecule has 0 saturated heterocycles. The van der Waals surface area contributed by atoms with Crippen LogP contribution in [0, 0.1) is 0 Å². The van der Waals surface area contributed by atoms with Crippen LogP contribution in [0.2, 0.25) is 0 Å². The molecule has 9 nitrogen and oxygen atoms in total. The first-order valence-electron chi connectivity index (χ1n) is 9.88. The fourth-order valence-electron chi connectivity index (χ4n) is 3.28. The number of nitrogens with two attached hydrogens (primary N) is 2. The first kappa shape index (κ1) is 23.4. The molecule has 34 heavy (non-hydrogen) atoms. The van der Waals surface area contributed by atoms with Crippen molar-refractivity contribution in [2.45, 2.75) is 25.7 Å². The number of ether oxygens (including phenoxy) is 1. The van der Waals surface area contributed by atoms with Gasteiger partial charge in [0.25, 0.3) is 5.91 Å². The number of hydrogen-bond acceptors (Lipinski definition) is 9. The van der Waals surface area contributed by atoms with E-state index in [-0.39, 0.29) is 35.2 Å². The number of methoxy groups -OCH3 is 1. The van der Waals surface area contributed by atoms with Crippen LogP contribution in [0.5, 0.6) is 5.75 Å². The Kier molecular flexibility index (Phi) is 6.15. The molecule has 0 unspecified atom stereocenters. The summed E-state index contributed by atoms with van der Waals surface area (Å²) in [6.07, 6.45) is -4.63. The summed E-state index contributed by atoms with van der Waals surface area (Å²) in [6, 6.07) is 4.44. The number of hydrogen-bond donors (Lipinski definition) is 3. The van der Waals surface area contributed by atoms with E-state index in [4.69, 9.17) is 20.6 Å². The molecule has 0 spiro atoms. The third-order valence-corrected chi connectivity index (χ3v) is 5.57. The van der Waals surface area contributed by atoms with Crippen LogP contribution in [0.4, 0.5) is 18.3 Å². The number of carbonyl (C=O) groups is 1. The molecular formula is C21H19F3N6O3S. The van der Waals surface area contributed by atoms with E-state index >= 15 is 0 Å². The largest absolute Gasteiger partial charge is 0.494 e. The Bertz CT molecular complexity index is 1370. The van der Waals surface area contributed by atoms with Gasteiger partial charge < -0.3 is 25.9 Å². The molecule has 4 aromatic rings. The SMILES string of the molecule is COc1ccc(-c2nc(C(=O)NCc3csc(N)n3)c([C@H](C)N)o2)c2ccc(C(F)(F)F)nc12. The lowest BCUT2D eigenvalue weighted by Gasteiger charge is -2.11. The van der Waals surface area contributed by atoms with Crippen LogP contribution in [-0.2, 0) is 12.7 Å². The summed E-state index contributed by atoms with van der Waals surface area (Å²) in [5.74, 6) is -0.285. The molecule has 178 valence electrons. The zero-order valence-corrected chi connectivity index (χ0v) is 18.8. The maximum absolute atomic E-state index is 13.2. The second-order valence-electron chi connectivity index (χ2n) is 7.29. The minimum absolute atomic E-state index is 0.00423. The molecule has 0 aliphatic heterocycles. The van der Waals surface area contributed by atoms with Crippen molar-refractivity contribution in [3.05, 3.63) is 52.5 Å². The molecule has 5 N–H and O–H groups in total. The van der Waals surface area contributed by atoms with Gasteiger partial charge in [0.15, 0.2) is 16.6 Å². The summed E-state index contributed by atoms with van der Waals surface area (Å²) in [4.78, 5) is 24.9. The van der Waals surface area contributed by atoms with Gasteiger partial charge in [-0.3, -0.25) is 4.79 Å². The number of anilines is 1. The van der Waals surface area contributed by atoms with Crippen molar-refractivity contribution < 1.29 is 27.1 Å². The van der Waals surface area contributed by atoms with E-state index in [2.05, 4.69) is 20.3 Å². The number of alkyl halides is 3. The smallest absolute Gasteiger partial charge is 0.433 e. The molecule has 0 saturated carbocycles. The summed E-state index contributed by atoms with van der Waals surface area (Å²) >= 11 is 1.24. The van der Waals surface area contributed by atoms with Gasteiger partial charge in [-0.05, 0) is 31.2 Å². The van der Waals surface area contributed by atoms with Crippen molar-refractivity contribution in [3.63, 3.8) is 0 Å². The first-order chi connectivity index (χ1) is 16.1. The molecule has 13 heteroatoms. The van der Waals surface area contributed by atoms with Crippen molar-refractivity contribution in [1.29, 1.82) is 0 Å². The van der Waals surface area contributed by atoms with E-state index in [1.165, 1.54) is 30.6 Å². The monoisotopic (exact) mass is 492 g/mol. The molecule has 1 aromatic carbocycles. The van der Waals surface area contributed by atoms with Crippen molar-refractivity contribution in [2.75, 3.05) is 12.8 Å².